The first-order valence-electron chi connectivity index (χ1n) is 11.8. The van der Waals surface area contributed by atoms with Crippen molar-refractivity contribution in [3.8, 4) is 17.6 Å². The monoisotopic (exact) mass is 517 g/mol. The van der Waals surface area contributed by atoms with Crippen molar-refractivity contribution in [3.05, 3.63) is 100.0 Å². The summed E-state index contributed by atoms with van der Waals surface area (Å²) in [5.74, 6) is -0.189. The second kappa shape index (κ2) is 12.1. The number of nitrogens with one attached hydrogen (secondary N) is 2. The van der Waals surface area contributed by atoms with Crippen LogP contribution in [0.25, 0.3) is 17.0 Å². The number of benzene rings is 3. The SMILES string of the molecule is CCOc1cc(/C=C(/C#N)C(=O)NCCc2c[nH]c3ccccc23)cc(Cl)c1OCc1cccc(F)c1. The van der Waals surface area contributed by atoms with Crippen LogP contribution in [0.5, 0.6) is 11.5 Å². The highest BCUT2D eigenvalue weighted by Gasteiger charge is 2.15. The third kappa shape index (κ3) is 6.49. The number of amides is 1. The van der Waals surface area contributed by atoms with Gasteiger partial charge in [0, 0.05) is 23.6 Å². The molecular weight excluding hydrogens is 493 g/mol. The summed E-state index contributed by atoms with van der Waals surface area (Å²) in [4.78, 5) is 15.9. The molecule has 0 aliphatic heterocycles. The van der Waals surface area contributed by atoms with E-state index in [0.29, 0.717) is 42.2 Å². The van der Waals surface area contributed by atoms with Gasteiger partial charge in [-0.15, -0.1) is 0 Å². The summed E-state index contributed by atoms with van der Waals surface area (Å²) in [6, 6.07) is 19.2. The van der Waals surface area contributed by atoms with Crippen LogP contribution in [0.4, 0.5) is 4.39 Å². The zero-order chi connectivity index (χ0) is 26.2. The lowest BCUT2D eigenvalue weighted by Gasteiger charge is -2.15. The third-order valence-electron chi connectivity index (χ3n) is 5.63. The molecule has 0 unspecified atom stereocenters. The Balaban J connectivity index is 1.46. The van der Waals surface area contributed by atoms with E-state index in [0.717, 1.165) is 16.5 Å². The molecule has 1 aromatic heterocycles. The van der Waals surface area contributed by atoms with Crippen molar-refractivity contribution in [1.29, 1.82) is 5.26 Å². The summed E-state index contributed by atoms with van der Waals surface area (Å²) in [5.41, 5.74) is 3.20. The topological polar surface area (TPSA) is 87.1 Å². The number of ether oxygens (including phenoxy) is 2. The quantitative estimate of drug-likeness (QED) is 0.193. The predicted molar refractivity (Wildman–Crippen MR) is 142 cm³/mol. The smallest absolute Gasteiger partial charge is 0.261 e. The molecule has 0 fully saturated rings. The van der Waals surface area contributed by atoms with Gasteiger partial charge in [0.05, 0.1) is 11.6 Å². The number of nitrogens with zero attached hydrogens (tertiary/aromatic N) is 1. The van der Waals surface area contributed by atoms with Crippen LogP contribution in [-0.2, 0) is 17.8 Å². The Bertz CT molecular complexity index is 1490. The standard InChI is InChI=1S/C29H25ClFN3O3/c1-2-36-27-15-20(14-25(30)28(27)37-18-19-6-5-7-23(31)13-19)12-22(16-32)29(35)33-11-10-21-17-34-26-9-4-3-8-24(21)26/h3-9,12-15,17,34H,2,10-11,18H2,1H3,(H,33,35)/b22-12-. The van der Waals surface area contributed by atoms with Gasteiger partial charge < -0.3 is 19.8 Å². The number of H-pyrrole nitrogens is 1. The molecule has 1 heterocycles. The van der Waals surface area contributed by atoms with Crippen LogP contribution in [0.3, 0.4) is 0 Å². The van der Waals surface area contributed by atoms with Crippen molar-refractivity contribution < 1.29 is 18.7 Å². The van der Waals surface area contributed by atoms with E-state index in [2.05, 4.69) is 10.3 Å². The fourth-order valence-electron chi connectivity index (χ4n) is 3.92. The molecule has 0 aliphatic rings. The Morgan fingerprint density at radius 3 is 2.78 bits per heavy atom. The number of nitriles is 1. The van der Waals surface area contributed by atoms with Crippen LogP contribution in [0.2, 0.25) is 5.02 Å². The number of aromatic nitrogens is 1. The van der Waals surface area contributed by atoms with E-state index < -0.39 is 5.91 Å². The van der Waals surface area contributed by atoms with Crippen molar-refractivity contribution >= 4 is 34.5 Å². The number of halogens is 2. The van der Waals surface area contributed by atoms with E-state index in [4.69, 9.17) is 21.1 Å². The summed E-state index contributed by atoms with van der Waals surface area (Å²) < 4.78 is 25.0. The maximum atomic E-state index is 13.5. The van der Waals surface area contributed by atoms with E-state index in [-0.39, 0.29) is 23.0 Å². The molecule has 0 atom stereocenters. The Morgan fingerprint density at radius 1 is 1.16 bits per heavy atom. The summed E-state index contributed by atoms with van der Waals surface area (Å²) in [5, 5.41) is 13.8. The average molecular weight is 518 g/mol. The third-order valence-corrected chi connectivity index (χ3v) is 5.92. The average Bonchev–Trinajstić information content (AvgIpc) is 3.30. The zero-order valence-corrected chi connectivity index (χ0v) is 20.9. The highest BCUT2D eigenvalue weighted by Crippen LogP contribution is 2.38. The highest BCUT2D eigenvalue weighted by molar-refractivity contribution is 6.32. The molecule has 4 rings (SSSR count). The van der Waals surface area contributed by atoms with E-state index in [9.17, 15) is 14.4 Å². The van der Waals surface area contributed by atoms with Gasteiger partial charge in [-0.3, -0.25) is 4.79 Å². The molecule has 0 spiro atoms. The summed E-state index contributed by atoms with van der Waals surface area (Å²) in [7, 11) is 0. The second-order valence-corrected chi connectivity index (χ2v) is 8.62. The van der Waals surface area contributed by atoms with E-state index in [1.807, 2.05) is 43.5 Å². The second-order valence-electron chi connectivity index (χ2n) is 8.22. The van der Waals surface area contributed by atoms with Crippen LogP contribution in [0, 0.1) is 17.1 Å². The minimum atomic E-state index is -0.483. The zero-order valence-electron chi connectivity index (χ0n) is 20.2. The van der Waals surface area contributed by atoms with Gasteiger partial charge in [0.15, 0.2) is 11.5 Å². The van der Waals surface area contributed by atoms with Crippen molar-refractivity contribution in [2.45, 2.75) is 20.0 Å². The maximum Gasteiger partial charge on any atom is 0.261 e. The summed E-state index contributed by atoms with van der Waals surface area (Å²) in [6.45, 7) is 2.63. The number of carbonyl (C=O) groups is 1. The first-order chi connectivity index (χ1) is 18.0. The molecular formula is C29H25ClFN3O3. The number of hydrogen-bond acceptors (Lipinski definition) is 4. The Labute approximate surface area is 219 Å². The van der Waals surface area contributed by atoms with Crippen LogP contribution >= 0.6 is 11.6 Å². The maximum absolute atomic E-state index is 13.5. The van der Waals surface area contributed by atoms with Crippen molar-refractivity contribution in [2.24, 2.45) is 0 Å². The summed E-state index contributed by atoms with van der Waals surface area (Å²) in [6.07, 6.45) is 3.99. The molecule has 6 nitrogen and oxygen atoms in total. The number of aromatic amines is 1. The molecule has 0 saturated carbocycles. The Hall–Kier alpha value is -4.28. The van der Waals surface area contributed by atoms with Crippen LogP contribution in [0.1, 0.15) is 23.6 Å². The van der Waals surface area contributed by atoms with Gasteiger partial charge in [0.1, 0.15) is 24.1 Å². The lowest BCUT2D eigenvalue weighted by molar-refractivity contribution is -0.117. The normalized spacial score (nSPS) is 11.2. The number of carbonyl (C=O) groups excluding carboxylic acids is 1. The Morgan fingerprint density at radius 2 is 2.00 bits per heavy atom. The van der Waals surface area contributed by atoms with Gasteiger partial charge >= 0.3 is 0 Å². The van der Waals surface area contributed by atoms with Gasteiger partial charge in [-0.1, -0.05) is 41.9 Å². The van der Waals surface area contributed by atoms with Crippen LogP contribution in [-0.4, -0.2) is 24.0 Å². The van der Waals surface area contributed by atoms with Crippen molar-refractivity contribution in [2.75, 3.05) is 13.2 Å². The molecule has 4 aromatic rings. The van der Waals surface area contributed by atoms with Crippen molar-refractivity contribution in [1.82, 2.24) is 10.3 Å². The molecule has 8 heteroatoms. The summed E-state index contributed by atoms with van der Waals surface area (Å²) >= 11 is 6.47. The molecule has 1 amide bonds. The molecule has 3 aromatic carbocycles. The minimum absolute atomic E-state index is 0.0640. The number of para-hydroxylation sites is 1. The molecule has 188 valence electrons. The van der Waals surface area contributed by atoms with Crippen molar-refractivity contribution in [3.63, 3.8) is 0 Å². The van der Waals surface area contributed by atoms with E-state index in [1.165, 1.54) is 18.2 Å². The first kappa shape index (κ1) is 25.8. The number of rotatable bonds is 10. The van der Waals surface area contributed by atoms with Gasteiger partial charge in [-0.25, -0.2) is 4.39 Å². The van der Waals surface area contributed by atoms with Crippen LogP contribution < -0.4 is 14.8 Å². The largest absolute Gasteiger partial charge is 0.490 e. The van der Waals surface area contributed by atoms with Gasteiger partial charge in [0.25, 0.3) is 5.91 Å². The molecule has 37 heavy (non-hydrogen) atoms. The molecule has 0 saturated heterocycles. The minimum Gasteiger partial charge on any atom is -0.490 e. The van der Waals surface area contributed by atoms with E-state index in [1.54, 1.807) is 24.3 Å². The van der Waals surface area contributed by atoms with Gasteiger partial charge in [-0.2, -0.15) is 5.26 Å². The highest BCUT2D eigenvalue weighted by atomic mass is 35.5. The predicted octanol–water partition coefficient (Wildman–Crippen LogP) is 6.20. The lowest BCUT2D eigenvalue weighted by Crippen LogP contribution is -2.26. The van der Waals surface area contributed by atoms with Gasteiger partial charge in [-0.05, 0) is 66.4 Å². The molecule has 2 N–H and O–H groups in total. The number of hydrogen-bond donors (Lipinski definition) is 2. The van der Waals surface area contributed by atoms with Gasteiger partial charge in [0.2, 0.25) is 0 Å². The van der Waals surface area contributed by atoms with Crippen LogP contribution in [0.15, 0.2) is 72.4 Å². The fraction of sp³-hybridized carbons (Fsp3) is 0.172. The lowest BCUT2D eigenvalue weighted by atomic mass is 10.1. The molecule has 0 radical (unpaired) electrons. The fourth-order valence-corrected chi connectivity index (χ4v) is 4.19. The van der Waals surface area contributed by atoms with E-state index >= 15 is 0 Å². The Kier molecular flexibility index (Phi) is 8.44. The molecule has 0 aliphatic carbocycles. The molecule has 0 bridgehead atoms. The first-order valence-corrected chi connectivity index (χ1v) is 12.1. The number of fused-ring (bicyclic) bond motifs is 1.